The summed E-state index contributed by atoms with van der Waals surface area (Å²) >= 11 is 0. The lowest BCUT2D eigenvalue weighted by Crippen LogP contribution is -2.46. The number of urea groups is 1. The summed E-state index contributed by atoms with van der Waals surface area (Å²) in [5.41, 5.74) is 1.68. The molecule has 2 N–H and O–H groups in total. The maximum atomic E-state index is 12.1. The molecule has 1 aliphatic rings. The third-order valence-corrected chi connectivity index (χ3v) is 3.88. The van der Waals surface area contributed by atoms with Crippen LogP contribution >= 0.6 is 0 Å². The monoisotopic (exact) mass is 294 g/mol. The number of aryl methyl sites for hydroxylation is 2. The van der Waals surface area contributed by atoms with Crippen molar-refractivity contribution in [1.82, 2.24) is 20.7 Å². The van der Waals surface area contributed by atoms with Crippen LogP contribution in [0.1, 0.15) is 42.8 Å². The minimum absolute atomic E-state index is 0.0458. The van der Waals surface area contributed by atoms with Crippen LogP contribution in [0.15, 0.2) is 4.52 Å². The smallest absolute Gasteiger partial charge is 0.315 e. The van der Waals surface area contributed by atoms with Gasteiger partial charge in [0.05, 0.1) is 11.7 Å². The highest BCUT2D eigenvalue weighted by molar-refractivity contribution is 5.88. The van der Waals surface area contributed by atoms with Crippen molar-refractivity contribution in [3.63, 3.8) is 0 Å². The largest absolute Gasteiger partial charge is 0.361 e. The van der Waals surface area contributed by atoms with Gasteiger partial charge in [-0.3, -0.25) is 4.79 Å². The molecule has 1 aromatic heterocycles. The molecule has 2 rings (SSSR count). The Hall–Kier alpha value is -2.05. The third-order valence-electron chi connectivity index (χ3n) is 3.88. The summed E-state index contributed by atoms with van der Waals surface area (Å²) in [4.78, 5) is 25.5. The highest BCUT2D eigenvalue weighted by Crippen LogP contribution is 2.23. The van der Waals surface area contributed by atoms with Crippen molar-refractivity contribution < 1.29 is 14.1 Å². The fraction of sp³-hybridized carbons (Fsp3) is 0.643. The van der Waals surface area contributed by atoms with Crippen molar-refractivity contribution >= 4 is 11.9 Å². The lowest BCUT2D eigenvalue weighted by atomic mass is 10.0. The molecule has 7 heteroatoms. The number of likely N-dealkylation sites (N-methyl/N-ethyl adjacent to an activating group) is 1. The second kappa shape index (κ2) is 6.15. The summed E-state index contributed by atoms with van der Waals surface area (Å²) in [6.45, 7) is 6.33. The average molecular weight is 294 g/mol. The van der Waals surface area contributed by atoms with Gasteiger partial charge in [0.15, 0.2) is 0 Å². The van der Waals surface area contributed by atoms with Gasteiger partial charge in [-0.1, -0.05) is 12.1 Å². The van der Waals surface area contributed by atoms with Gasteiger partial charge < -0.3 is 20.1 Å². The molecule has 21 heavy (non-hydrogen) atoms. The van der Waals surface area contributed by atoms with Crippen LogP contribution in [0.4, 0.5) is 4.79 Å². The Morgan fingerprint density at radius 3 is 2.71 bits per heavy atom. The summed E-state index contributed by atoms with van der Waals surface area (Å²) in [6.07, 6.45) is 1.36. The van der Waals surface area contributed by atoms with Crippen LogP contribution < -0.4 is 10.6 Å². The van der Waals surface area contributed by atoms with Crippen LogP contribution in [0.5, 0.6) is 0 Å². The molecule has 0 saturated carbocycles. The first-order valence-corrected chi connectivity index (χ1v) is 7.18. The van der Waals surface area contributed by atoms with Crippen LogP contribution in [0.25, 0.3) is 0 Å². The molecule has 0 radical (unpaired) electrons. The maximum absolute atomic E-state index is 12.1. The highest BCUT2D eigenvalue weighted by atomic mass is 16.5. The molecule has 1 aromatic rings. The second-order valence-corrected chi connectivity index (χ2v) is 5.42. The zero-order valence-electron chi connectivity index (χ0n) is 12.9. The summed E-state index contributed by atoms with van der Waals surface area (Å²) < 4.78 is 5.14. The van der Waals surface area contributed by atoms with Crippen molar-refractivity contribution in [2.45, 2.75) is 45.7 Å². The minimum atomic E-state index is -0.433. The number of nitrogens with one attached hydrogen (secondary N) is 2. The Bertz CT molecular complexity index is 521. The van der Waals surface area contributed by atoms with Gasteiger partial charge in [0.25, 0.3) is 0 Å². The van der Waals surface area contributed by atoms with E-state index in [4.69, 9.17) is 4.52 Å². The molecular weight excluding hydrogens is 272 g/mol. The lowest BCUT2D eigenvalue weighted by molar-refractivity contribution is -0.128. The van der Waals surface area contributed by atoms with Gasteiger partial charge in [0.2, 0.25) is 5.91 Å². The Balaban J connectivity index is 1.99. The van der Waals surface area contributed by atoms with Crippen molar-refractivity contribution in [1.29, 1.82) is 0 Å². The molecule has 1 fully saturated rings. The molecule has 2 atom stereocenters. The number of hydrogen-bond acceptors (Lipinski definition) is 4. The van der Waals surface area contributed by atoms with Gasteiger partial charge in [-0.25, -0.2) is 4.79 Å². The zero-order chi connectivity index (χ0) is 15.6. The van der Waals surface area contributed by atoms with Crippen LogP contribution in [0.2, 0.25) is 0 Å². The van der Waals surface area contributed by atoms with Gasteiger partial charge in [-0.05, 0) is 26.7 Å². The van der Waals surface area contributed by atoms with E-state index in [9.17, 15) is 9.59 Å². The van der Waals surface area contributed by atoms with E-state index in [1.54, 1.807) is 11.9 Å². The molecule has 3 amide bonds. The summed E-state index contributed by atoms with van der Waals surface area (Å²) in [6, 6.07) is -0.946. The van der Waals surface area contributed by atoms with Gasteiger partial charge in [0, 0.05) is 19.2 Å². The van der Waals surface area contributed by atoms with Crippen LogP contribution in [0.3, 0.4) is 0 Å². The molecule has 0 aromatic carbocycles. The van der Waals surface area contributed by atoms with Gasteiger partial charge in [0.1, 0.15) is 11.8 Å². The molecule has 0 unspecified atom stereocenters. The number of rotatable bonds is 4. The molecular formula is C14H22N4O3. The number of aromatic nitrogens is 1. The van der Waals surface area contributed by atoms with Crippen LogP contribution in [-0.4, -0.2) is 41.6 Å². The first-order chi connectivity index (χ1) is 9.93. The quantitative estimate of drug-likeness (QED) is 0.875. The Kier molecular flexibility index (Phi) is 4.50. The Morgan fingerprint density at radius 2 is 2.24 bits per heavy atom. The summed E-state index contributed by atoms with van der Waals surface area (Å²) in [7, 11) is 1.74. The predicted octanol–water partition coefficient (Wildman–Crippen LogP) is 1.27. The van der Waals surface area contributed by atoms with E-state index in [-0.39, 0.29) is 18.0 Å². The Labute approximate surface area is 124 Å². The number of hydrogen-bond donors (Lipinski definition) is 2. The van der Waals surface area contributed by atoms with E-state index in [1.807, 2.05) is 20.8 Å². The molecule has 116 valence electrons. The second-order valence-electron chi connectivity index (χ2n) is 5.42. The molecule has 1 saturated heterocycles. The number of carbonyl (C=O) groups excluding carboxylic acids is 2. The van der Waals surface area contributed by atoms with Crippen molar-refractivity contribution in [3.05, 3.63) is 17.0 Å². The SMILES string of the molecule is CC[C@H](NC(=O)N[C@@H]1CCN(C)C1=O)c1c(C)noc1C. The van der Waals surface area contributed by atoms with E-state index in [0.717, 1.165) is 17.7 Å². The summed E-state index contributed by atoms with van der Waals surface area (Å²) in [5, 5.41) is 9.53. The van der Waals surface area contributed by atoms with Gasteiger partial charge >= 0.3 is 6.03 Å². The van der Waals surface area contributed by atoms with Gasteiger partial charge in [-0.2, -0.15) is 0 Å². The topological polar surface area (TPSA) is 87.5 Å². The van der Waals surface area contributed by atoms with E-state index in [2.05, 4.69) is 15.8 Å². The van der Waals surface area contributed by atoms with Crippen LogP contribution in [-0.2, 0) is 4.79 Å². The number of nitrogens with zero attached hydrogens (tertiary/aromatic N) is 2. The van der Waals surface area contributed by atoms with E-state index in [0.29, 0.717) is 18.7 Å². The summed E-state index contributed by atoms with van der Waals surface area (Å²) in [5.74, 6) is 0.659. The predicted molar refractivity (Wildman–Crippen MR) is 76.7 cm³/mol. The lowest BCUT2D eigenvalue weighted by Gasteiger charge is -2.19. The van der Waals surface area contributed by atoms with Gasteiger partial charge in [-0.15, -0.1) is 0 Å². The normalized spacial score (nSPS) is 19.7. The molecule has 0 bridgehead atoms. The number of carbonyl (C=O) groups is 2. The first-order valence-electron chi connectivity index (χ1n) is 7.18. The fourth-order valence-electron chi connectivity index (χ4n) is 2.68. The minimum Gasteiger partial charge on any atom is -0.361 e. The molecule has 0 spiro atoms. The maximum Gasteiger partial charge on any atom is 0.315 e. The molecule has 7 nitrogen and oxygen atoms in total. The average Bonchev–Trinajstić information content (AvgIpc) is 2.93. The number of likely N-dealkylation sites (tertiary alicyclic amines) is 1. The van der Waals surface area contributed by atoms with Crippen molar-refractivity contribution in [2.24, 2.45) is 0 Å². The Morgan fingerprint density at radius 1 is 1.52 bits per heavy atom. The molecule has 2 heterocycles. The standard InChI is InChI=1S/C14H22N4O3/c1-5-10(12-8(2)17-21-9(12)3)15-14(20)16-11-6-7-18(4)13(11)19/h10-11H,5-7H2,1-4H3,(H2,15,16,20)/t10-,11+/m0/s1. The van der Waals surface area contributed by atoms with Crippen LogP contribution in [0, 0.1) is 13.8 Å². The molecule has 0 aliphatic carbocycles. The van der Waals surface area contributed by atoms with E-state index < -0.39 is 6.04 Å². The highest BCUT2D eigenvalue weighted by Gasteiger charge is 2.31. The van der Waals surface area contributed by atoms with Crippen molar-refractivity contribution in [2.75, 3.05) is 13.6 Å². The third kappa shape index (κ3) is 3.17. The first kappa shape index (κ1) is 15.3. The van der Waals surface area contributed by atoms with E-state index in [1.165, 1.54) is 0 Å². The fourth-order valence-corrected chi connectivity index (χ4v) is 2.68. The molecule has 1 aliphatic heterocycles. The van der Waals surface area contributed by atoms with Crippen molar-refractivity contribution in [3.8, 4) is 0 Å². The van der Waals surface area contributed by atoms with E-state index >= 15 is 0 Å². The number of amides is 3. The zero-order valence-corrected chi connectivity index (χ0v) is 12.9.